The molecule has 0 bridgehead atoms. The van der Waals surface area contributed by atoms with Crippen LogP contribution in [-0.2, 0) is 25.7 Å². The van der Waals surface area contributed by atoms with Crippen molar-refractivity contribution < 1.29 is 31.1 Å². The van der Waals surface area contributed by atoms with Gasteiger partial charge in [0.2, 0.25) is 15.9 Å². The number of hydrogen-bond donors (Lipinski definition) is 0. The first-order valence-electron chi connectivity index (χ1n) is 10.2. The average molecular weight is 449 g/mol. The molecule has 168 valence electrons. The van der Waals surface area contributed by atoms with Crippen LogP contribution in [0.5, 0.6) is 0 Å². The summed E-state index contributed by atoms with van der Waals surface area (Å²) in [5, 5.41) is 0. The zero-order valence-electron chi connectivity index (χ0n) is 16.9. The Labute approximate surface area is 175 Å². The summed E-state index contributed by atoms with van der Waals surface area (Å²) < 4.78 is 70.6. The van der Waals surface area contributed by atoms with Crippen LogP contribution in [0, 0.1) is 0 Å². The molecule has 0 radical (unpaired) electrons. The minimum Gasteiger partial charge on any atom is -0.381 e. The van der Waals surface area contributed by atoms with E-state index < -0.39 is 21.8 Å². The summed E-state index contributed by atoms with van der Waals surface area (Å²) in [6.45, 7) is 3.49. The third-order valence-corrected chi connectivity index (χ3v) is 7.72. The van der Waals surface area contributed by atoms with E-state index in [1.54, 1.807) is 0 Å². The van der Waals surface area contributed by atoms with Gasteiger partial charge in [-0.2, -0.15) is 17.5 Å². The lowest BCUT2D eigenvalue weighted by Crippen LogP contribution is -2.53. The maximum Gasteiger partial charge on any atom is 0.416 e. The van der Waals surface area contributed by atoms with E-state index in [4.69, 9.17) is 4.74 Å². The lowest BCUT2D eigenvalue weighted by atomic mass is 9.98. The fourth-order valence-corrected chi connectivity index (χ4v) is 5.65. The number of sulfonamides is 1. The van der Waals surface area contributed by atoms with E-state index >= 15 is 0 Å². The second-order valence-electron chi connectivity index (χ2n) is 7.66. The van der Waals surface area contributed by atoms with Crippen molar-refractivity contribution in [2.75, 3.05) is 26.3 Å². The van der Waals surface area contributed by atoms with Gasteiger partial charge in [0.15, 0.2) is 0 Å². The number of carbonyl (C=O) groups is 1. The van der Waals surface area contributed by atoms with Crippen LogP contribution in [0.2, 0.25) is 0 Å². The first-order chi connectivity index (χ1) is 14.1. The zero-order valence-corrected chi connectivity index (χ0v) is 17.7. The van der Waals surface area contributed by atoms with Gasteiger partial charge in [0, 0.05) is 44.8 Å². The molecule has 0 unspecified atom stereocenters. The summed E-state index contributed by atoms with van der Waals surface area (Å²) in [7, 11) is -3.88. The molecule has 30 heavy (non-hydrogen) atoms. The molecule has 0 aliphatic carbocycles. The van der Waals surface area contributed by atoms with Gasteiger partial charge >= 0.3 is 6.18 Å². The Kier molecular flexibility index (Phi) is 7.09. The second kappa shape index (κ2) is 9.23. The quantitative estimate of drug-likeness (QED) is 0.694. The summed E-state index contributed by atoms with van der Waals surface area (Å²) in [5.74, 6) is 0.0611. The third kappa shape index (κ3) is 4.97. The SMILES string of the molecule is CCC(=O)N(C1CCOCC1)C1CCN(S(=O)(=O)c2ccc(C(F)(F)F)cc2)CC1. The van der Waals surface area contributed by atoms with Crippen LogP contribution in [0.4, 0.5) is 13.2 Å². The second-order valence-corrected chi connectivity index (χ2v) is 9.59. The van der Waals surface area contributed by atoms with E-state index in [1.165, 1.54) is 4.31 Å². The fraction of sp³-hybridized carbons (Fsp3) is 0.650. The highest BCUT2D eigenvalue weighted by molar-refractivity contribution is 7.89. The molecule has 1 amide bonds. The molecule has 2 fully saturated rings. The Morgan fingerprint density at radius 1 is 1.07 bits per heavy atom. The molecule has 2 saturated heterocycles. The molecule has 2 aliphatic rings. The summed E-state index contributed by atoms with van der Waals surface area (Å²) in [6.07, 6.45) is -1.57. The predicted octanol–water partition coefficient (Wildman–Crippen LogP) is 3.28. The van der Waals surface area contributed by atoms with Crippen LogP contribution < -0.4 is 0 Å². The molecular weight excluding hydrogens is 421 g/mol. The van der Waals surface area contributed by atoms with Crippen molar-refractivity contribution in [2.45, 2.75) is 62.2 Å². The van der Waals surface area contributed by atoms with Gasteiger partial charge in [0.25, 0.3) is 0 Å². The number of hydrogen-bond acceptors (Lipinski definition) is 4. The van der Waals surface area contributed by atoms with Crippen LogP contribution in [0.25, 0.3) is 0 Å². The van der Waals surface area contributed by atoms with Gasteiger partial charge in [-0.15, -0.1) is 0 Å². The van der Waals surface area contributed by atoms with Gasteiger partial charge in [-0.1, -0.05) is 6.92 Å². The summed E-state index contributed by atoms with van der Waals surface area (Å²) in [6, 6.07) is 3.63. The molecule has 0 aromatic heterocycles. The molecule has 1 aromatic rings. The van der Waals surface area contributed by atoms with Crippen molar-refractivity contribution in [2.24, 2.45) is 0 Å². The molecule has 0 N–H and O–H groups in total. The van der Waals surface area contributed by atoms with Gasteiger partial charge in [-0.05, 0) is 49.9 Å². The number of nitrogens with zero attached hydrogens (tertiary/aromatic N) is 2. The smallest absolute Gasteiger partial charge is 0.381 e. The Morgan fingerprint density at radius 3 is 2.10 bits per heavy atom. The summed E-state index contributed by atoms with van der Waals surface area (Å²) >= 11 is 0. The minimum atomic E-state index is -4.51. The molecule has 3 rings (SSSR count). The van der Waals surface area contributed by atoms with E-state index in [0.29, 0.717) is 32.5 Å². The van der Waals surface area contributed by atoms with Crippen LogP contribution in [0.1, 0.15) is 44.6 Å². The van der Waals surface area contributed by atoms with Gasteiger partial charge in [0.05, 0.1) is 10.5 Å². The van der Waals surface area contributed by atoms with E-state index in [1.807, 2.05) is 11.8 Å². The normalized spacial score (nSPS) is 20.3. The summed E-state index contributed by atoms with van der Waals surface area (Å²) in [5.41, 5.74) is -0.884. The molecule has 6 nitrogen and oxygen atoms in total. The van der Waals surface area contributed by atoms with Crippen molar-refractivity contribution in [3.63, 3.8) is 0 Å². The zero-order chi connectivity index (χ0) is 21.9. The lowest BCUT2D eigenvalue weighted by molar-refractivity contribution is -0.139. The fourth-order valence-electron chi connectivity index (χ4n) is 4.18. The van der Waals surface area contributed by atoms with Crippen molar-refractivity contribution in [3.05, 3.63) is 29.8 Å². The molecule has 2 heterocycles. The van der Waals surface area contributed by atoms with E-state index in [-0.39, 0.29) is 36.0 Å². The number of benzene rings is 1. The number of alkyl halides is 3. The van der Waals surface area contributed by atoms with Gasteiger partial charge in [-0.3, -0.25) is 4.79 Å². The Morgan fingerprint density at radius 2 is 1.60 bits per heavy atom. The minimum absolute atomic E-state index is 0.0420. The number of amides is 1. The number of carbonyl (C=O) groups excluding carboxylic acids is 1. The molecule has 0 spiro atoms. The number of piperidine rings is 1. The molecule has 10 heteroatoms. The van der Waals surface area contributed by atoms with Gasteiger partial charge in [-0.25, -0.2) is 8.42 Å². The number of ether oxygens (including phenoxy) is 1. The van der Waals surface area contributed by atoms with E-state index in [0.717, 1.165) is 37.1 Å². The lowest BCUT2D eigenvalue weighted by Gasteiger charge is -2.43. The van der Waals surface area contributed by atoms with Gasteiger partial charge < -0.3 is 9.64 Å². The van der Waals surface area contributed by atoms with Crippen LogP contribution >= 0.6 is 0 Å². The maximum absolute atomic E-state index is 12.9. The molecule has 1 aromatic carbocycles. The van der Waals surface area contributed by atoms with E-state index in [9.17, 15) is 26.4 Å². The van der Waals surface area contributed by atoms with Crippen LogP contribution in [0.3, 0.4) is 0 Å². The Hall–Kier alpha value is -1.65. The van der Waals surface area contributed by atoms with Crippen LogP contribution in [0.15, 0.2) is 29.2 Å². The maximum atomic E-state index is 12.9. The molecule has 2 aliphatic heterocycles. The van der Waals surface area contributed by atoms with Crippen molar-refractivity contribution in [3.8, 4) is 0 Å². The first-order valence-corrected chi connectivity index (χ1v) is 11.6. The topological polar surface area (TPSA) is 66.9 Å². The highest BCUT2D eigenvalue weighted by atomic mass is 32.2. The molecular formula is C20H27F3N2O4S. The standard InChI is InChI=1S/C20H27F3N2O4S/c1-2-19(26)25(17-9-13-29-14-10-17)16-7-11-24(12-8-16)30(27,28)18-5-3-15(4-6-18)20(21,22)23/h3-6,16-17H,2,7-14H2,1H3. The summed E-state index contributed by atoms with van der Waals surface area (Å²) in [4.78, 5) is 14.4. The van der Waals surface area contributed by atoms with Crippen LogP contribution in [-0.4, -0.2) is 61.9 Å². The third-order valence-electron chi connectivity index (χ3n) is 5.81. The number of halogens is 3. The van der Waals surface area contributed by atoms with Crippen molar-refractivity contribution in [1.82, 2.24) is 9.21 Å². The molecule has 0 saturated carbocycles. The predicted molar refractivity (Wildman–Crippen MR) is 104 cm³/mol. The Bertz CT molecular complexity index is 829. The first kappa shape index (κ1) is 23.0. The average Bonchev–Trinajstić information content (AvgIpc) is 2.74. The highest BCUT2D eigenvalue weighted by Crippen LogP contribution is 2.31. The van der Waals surface area contributed by atoms with Gasteiger partial charge in [0.1, 0.15) is 0 Å². The number of rotatable bonds is 5. The highest BCUT2D eigenvalue weighted by Gasteiger charge is 2.37. The van der Waals surface area contributed by atoms with Crippen molar-refractivity contribution >= 4 is 15.9 Å². The largest absolute Gasteiger partial charge is 0.416 e. The van der Waals surface area contributed by atoms with E-state index in [2.05, 4.69) is 0 Å². The Balaban J connectivity index is 1.69. The monoisotopic (exact) mass is 448 g/mol. The van der Waals surface area contributed by atoms with Crippen molar-refractivity contribution in [1.29, 1.82) is 0 Å². The molecule has 0 atom stereocenters.